The molecule has 0 atom stereocenters. The fourth-order valence-corrected chi connectivity index (χ4v) is 11.2. The molecule has 1 aliphatic heterocycles. The van der Waals surface area contributed by atoms with E-state index in [9.17, 15) is 0 Å². The zero-order valence-corrected chi connectivity index (χ0v) is 26.1. The fraction of sp³-hybridized carbons (Fsp3) is 0.0769. The molecule has 0 unspecified atom stereocenters. The zero-order chi connectivity index (χ0) is 28.4. The van der Waals surface area contributed by atoms with Gasteiger partial charge in [-0.25, -0.2) is 0 Å². The summed E-state index contributed by atoms with van der Waals surface area (Å²) in [4.78, 5) is 5.37. The molecule has 2 aromatic heterocycles. The van der Waals surface area contributed by atoms with E-state index in [0.717, 1.165) is 0 Å². The molecule has 1 nitrogen and oxygen atoms in total. The Bertz CT molecular complexity index is 2490. The molecular formula is C39H25NS3. The second-order valence-corrected chi connectivity index (χ2v) is 15.3. The van der Waals surface area contributed by atoms with Crippen LogP contribution in [0, 0.1) is 0 Å². The first-order valence-electron chi connectivity index (χ1n) is 14.7. The van der Waals surface area contributed by atoms with Gasteiger partial charge >= 0.3 is 0 Å². The van der Waals surface area contributed by atoms with E-state index in [1.807, 2.05) is 34.9 Å². The van der Waals surface area contributed by atoms with Crippen LogP contribution < -0.4 is 0 Å². The Balaban J connectivity index is 1.39. The highest BCUT2D eigenvalue weighted by Crippen LogP contribution is 2.57. The lowest BCUT2D eigenvalue weighted by Gasteiger charge is -2.22. The summed E-state index contributed by atoms with van der Waals surface area (Å²) in [6.07, 6.45) is 0. The maximum atomic E-state index is 2.60. The van der Waals surface area contributed by atoms with E-state index in [2.05, 4.69) is 134 Å². The number of rotatable bonds is 1. The Morgan fingerprint density at radius 2 is 1.35 bits per heavy atom. The molecule has 0 N–H and O–H groups in total. The molecule has 0 amide bonds. The van der Waals surface area contributed by atoms with Gasteiger partial charge in [0.1, 0.15) is 0 Å². The van der Waals surface area contributed by atoms with Gasteiger partial charge < -0.3 is 4.57 Å². The number of benzene rings is 6. The quantitative estimate of drug-likeness (QED) is 0.184. The Labute approximate surface area is 262 Å². The molecule has 0 bridgehead atoms. The van der Waals surface area contributed by atoms with Crippen LogP contribution in [0.1, 0.15) is 25.0 Å². The van der Waals surface area contributed by atoms with Crippen LogP contribution in [0.5, 0.6) is 0 Å². The first-order chi connectivity index (χ1) is 21.1. The van der Waals surface area contributed by atoms with Crippen molar-refractivity contribution in [2.75, 3.05) is 0 Å². The standard InChI is InChI=1S/C39H25NS3/c1-39(2)27-13-5-3-10-22(27)24-18-20-28-34(35(24)39)26-19-21-33-38(43-32-17-8-7-16-31(32)41-33)36(26)40(28)29-14-9-12-25-23-11-4-6-15-30(23)42-37(25)29/h3-21H,1-2H3. The highest BCUT2D eigenvalue weighted by Gasteiger charge is 2.38. The van der Waals surface area contributed by atoms with E-state index in [-0.39, 0.29) is 5.41 Å². The van der Waals surface area contributed by atoms with Gasteiger partial charge in [-0.05, 0) is 58.7 Å². The predicted octanol–water partition coefficient (Wildman–Crippen LogP) is 12.1. The number of thiophene rings is 1. The first kappa shape index (κ1) is 24.5. The molecule has 1 aliphatic carbocycles. The van der Waals surface area contributed by atoms with E-state index >= 15 is 0 Å². The van der Waals surface area contributed by atoms with Gasteiger partial charge in [0.05, 0.1) is 26.3 Å². The summed E-state index contributed by atoms with van der Waals surface area (Å²) in [6.45, 7) is 4.82. The van der Waals surface area contributed by atoms with Crippen molar-refractivity contribution >= 4 is 76.8 Å². The number of fused-ring (bicyclic) bond motifs is 13. The first-order valence-corrected chi connectivity index (χ1v) is 17.1. The Kier molecular flexibility index (Phi) is 4.88. The van der Waals surface area contributed by atoms with Gasteiger partial charge in [0.15, 0.2) is 0 Å². The van der Waals surface area contributed by atoms with Crippen molar-refractivity contribution in [1.29, 1.82) is 0 Å². The van der Waals surface area contributed by atoms with Crippen LogP contribution in [0.3, 0.4) is 0 Å². The molecule has 0 fully saturated rings. The minimum absolute atomic E-state index is 0.0986. The highest BCUT2D eigenvalue weighted by molar-refractivity contribution is 8.05. The summed E-state index contributed by atoms with van der Waals surface area (Å²) in [5.41, 5.74) is 9.39. The maximum Gasteiger partial charge on any atom is 0.0692 e. The van der Waals surface area contributed by atoms with Gasteiger partial charge in [0.2, 0.25) is 0 Å². The average molecular weight is 604 g/mol. The Morgan fingerprint density at radius 1 is 0.581 bits per heavy atom. The summed E-state index contributed by atoms with van der Waals surface area (Å²) in [6, 6.07) is 43.1. The monoisotopic (exact) mass is 603 g/mol. The van der Waals surface area contributed by atoms with Gasteiger partial charge in [-0.2, -0.15) is 0 Å². The van der Waals surface area contributed by atoms with Crippen molar-refractivity contribution in [1.82, 2.24) is 4.57 Å². The van der Waals surface area contributed by atoms with E-state index < -0.39 is 0 Å². The number of hydrogen-bond acceptors (Lipinski definition) is 3. The normalized spacial score (nSPS) is 14.7. The van der Waals surface area contributed by atoms with Gasteiger partial charge in [-0.3, -0.25) is 0 Å². The summed E-state index contributed by atoms with van der Waals surface area (Å²) < 4.78 is 5.28. The van der Waals surface area contributed by atoms with Crippen molar-refractivity contribution in [3.8, 4) is 16.8 Å². The molecule has 10 rings (SSSR count). The number of hydrogen-bond donors (Lipinski definition) is 0. The van der Waals surface area contributed by atoms with Crippen molar-refractivity contribution < 1.29 is 0 Å². The lowest BCUT2D eigenvalue weighted by atomic mass is 9.80. The van der Waals surface area contributed by atoms with Crippen LogP contribution in [0.4, 0.5) is 0 Å². The third-order valence-corrected chi connectivity index (χ3v) is 13.2. The van der Waals surface area contributed by atoms with Gasteiger partial charge in [-0.1, -0.05) is 116 Å². The SMILES string of the molecule is CC1(C)c2ccccc2-c2ccc3c(c21)c1ccc2c(c1n3-c1cccc3c1sc1ccccc13)Sc1ccccc1S2. The van der Waals surface area contributed by atoms with E-state index in [1.54, 1.807) is 0 Å². The van der Waals surface area contributed by atoms with E-state index in [0.29, 0.717) is 0 Å². The van der Waals surface area contributed by atoms with Gasteiger partial charge in [-0.15, -0.1) is 11.3 Å². The predicted molar refractivity (Wildman–Crippen MR) is 186 cm³/mol. The second-order valence-electron chi connectivity index (χ2n) is 12.1. The molecule has 0 saturated carbocycles. The molecule has 0 radical (unpaired) electrons. The van der Waals surface area contributed by atoms with Crippen LogP contribution in [-0.4, -0.2) is 4.57 Å². The molecule has 2 aliphatic rings. The minimum atomic E-state index is -0.0986. The van der Waals surface area contributed by atoms with Crippen LogP contribution >= 0.6 is 34.9 Å². The molecule has 43 heavy (non-hydrogen) atoms. The lowest BCUT2D eigenvalue weighted by molar-refractivity contribution is 0.666. The highest BCUT2D eigenvalue weighted by atomic mass is 32.2. The van der Waals surface area contributed by atoms with Crippen molar-refractivity contribution in [2.24, 2.45) is 0 Å². The lowest BCUT2D eigenvalue weighted by Crippen LogP contribution is -2.15. The molecule has 0 spiro atoms. The number of nitrogens with zero attached hydrogens (tertiary/aromatic N) is 1. The smallest absolute Gasteiger partial charge is 0.0692 e. The van der Waals surface area contributed by atoms with Crippen molar-refractivity contribution in [3.05, 3.63) is 126 Å². The fourth-order valence-electron chi connectivity index (χ4n) is 7.60. The largest absolute Gasteiger partial charge is 0.307 e. The Morgan fingerprint density at radius 3 is 2.26 bits per heavy atom. The van der Waals surface area contributed by atoms with Crippen LogP contribution in [0.2, 0.25) is 0 Å². The molecule has 204 valence electrons. The molecule has 8 aromatic rings. The van der Waals surface area contributed by atoms with Crippen molar-refractivity contribution in [3.63, 3.8) is 0 Å². The summed E-state index contributed by atoms with van der Waals surface area (Å²) >= 11 is 5.74. The molecule has 4 heteroatoms. The summed E-state index contributed by atoms with van der Waals surface area (Å²) in [5, 5.41) is 5.40. The van der Waals surface area contributed by atoms with Gasteiger partial charge in [0.25, 0.3) is 0 Å². The maximum absolute atomic E-state index is 2.60. The van der Waals surface area contributed by atoms with E-state index in [1.165, 1.54) is 89.5 Å². The second kappa shape index (κ2) is 8.57. The topological polar surface area (TPSA) is 4.93 Å². The molecular weight excluding hydrogens is 579 g/mol. The minimum Gasteiger partial charge on any atom is -0.307 e. The van der Waals surface area contributed by atoms with Crippen LogP contribution in [0.25, 0.3) is 58.8 Å². The van der Waals surface area contributed by atoms with Crippen LogP contribution in [0.15, 0.2) is 135 Å². The summed E-state index contributed by atoms with van der Waals surface area (Å²) in [7, 11) is 0. The number of aromatic nitrogens is 1. The van der Waals surface area contributed by atoms with Crippen LogP contribution in [-0.2, 0) is 5.41 Å². The third-order valence-electron chi connectivity index (χ3n) is 9.43. The zero-order valence-electron chi connectivity index (χ0n) is 23.6. The third kappa shape index (κ3) is 3.16. The summed E-state index contributed by atoms with van der Waals surface area (Å²) in [5.74, 6) is 0. The van der Waals surface area contributed by atoms with Gasteiger partial charge in [0, 0.05) is 46.3 Å². The van der Waals surface area contributed by atoms with E-state index in [4.69, 9.17) is 0 Å². The molecule has 6 aromatic carbocycles. The van der Waals surface area contributed by atoms with Crippen molar-refractivity contribution in [2.45, 2.75) is 38.8 Å². The molecule has 3 heterocycles. The molecule has 0 saturated heterocycles. The average Bonchev–Trinajstić information content (AvgIpc) is 3.66. The Hall–Kier alpha value is -3.96.